The smallest absolute Gasteiger partial charge is 0.341 e. The van der Waals surface area contributed by atoms with Gasteiger partial charge in [0.25, 0.3) is 0 Å². The van der Waals surface area contributed by atoms with Crippen molar-refractivity contribution in [3.8, 4) is 0 Å². The van der Waals surface area contributed by atoms with Crippen molar-refractivity contribution in [2.24, 2.45) is 0 Å². The van der Waals surface area contributed by atoms with E-state index in [0.717, 1.165) is 26.1 Å². The average molecular weight is 253 g/mol. The van der Waals surface area contributed by atoms with E-state index in [9.17, 15) is 9.59 Å². The summed E-state index contributed by atoms with van der Waals surface area (Å²) in [7, 11) is 0. The summed E-state index contributed by atoms with van der Waals surface area (Å²) in [6.45, 7) is 13.6. The van der Waals surface area contributed by atoms with Crippen LogP contribution >= 0.6 is 0 Å². The van der Waals surface area contributed by atoms with Crippen LogP contribution in [0.2, 0.25) is 0 Å². The summed E-state index contributed by atoms with van der Waals surface area (Å²) in [5.74, 6) is -1.26. The minimum atomic E-state index is -0.670. The number of hydrogen-bond acceptors (Lipinski definition) is 4. The minimum Gasteiger partial charge on any atom is -0.386 e. The molecule has 0 aliphatic heterocycles. The van der Waals surface area contributed by atoms with Crippen molar-refractivity contribution in [2.75, 3.05) is 19.6 Å². The molecule has 0 rings (SSSR count). The van der Waals surface area contributed by atoms with Crippen molar-refractivity contribution in [1.29, 1.82) is 0 Å². The molecule has 4 nitrogen and oxygen atoms in total. The lowest BCUT2D eigenvalue weighted by Gasteiger charge is -2.16. The number of ether oxygens (including phenoxy) is 1. The van der Waals surface area contributed by atoms with E-state index in [0.29, 0.717) is 5.57 Å². The Bertz CT molecular complexity index is 341. The zero-order chi connectivity index (χ0) is 14.1. The Labute approximate surface area is 109 Å². The number of rotatable bonds is 7. The van der Waals surface area contributed by atoms with Crippen molar-refractivity contribution in [1.82, 2.24) is 4.90 Å². The predicted molar refractivity (Wildman–Crippen MR) is 72.1 cm³/mol. The Kier molecular flexibility index (Phi) is 7.96. The summed E-state index contributed by atoms with van der Waals surface area (Å²) in [6.07, 6.45) is 2.57. The van der Waals surface area contributed by atoms with Crippen LogP contribution in [0.3, 0.4) is 0 Å². The van der Waals surface area contributed by atoms with E-state index in [1.165, 1.54) is 6.92 Å². The zero-order valence-electron chi connectivity index (χ0n) is 11.8. The lowest BCUT2D eigenvalue weighted by Crippen LogP contribution is -2.23. The van der Waals surface area contributed by atoms with Crippen LogP contribution in [-0.4, -0.2) is 36.5 Å². The molecule has 0 aliphatic carbocycles. The molecule has 0 heterocycles. The van der Waals surface area contributed by atoms with Crippen LogP contribution in [0.25, 0.3) is 0 Å². The van der Waals surface area contributed by atoms with E-state index < -0.39 is 11.9 Å². The second-order valence-corrected chi connectivity index (χ2v) is 4.16. The monoisotopic (exact) mass is 253 g/mol. The van der Waals surface area contributed by atoms with Gasteiger partial charge in [-0.05, 0) is 33.4 Å². The first-order chi connectivity index (χ1) is 8.42. The van der Waals surface area contributed by atoms with E-state index in [2.05, 4.69) is 30.1 Å². The number of nitrogens with zero attached hydrogens (tertiary/aromatic N) is 1. The van der Waals surface area contributed by atoms with Crippen molar-refractivity contribution < 1.29 is 14.3 Å². The van der Waals surface area contributed by atoms with Crippen LogP contribution in [0.15, 0.2) is 23.8 Å². The van der Waals surface area contributed by atoms with Gasteiger partial charge in [0.2, 0.25) is 0 Å². The topological polar surface area (TPSA) is 46.6 Å². The quantitative estimate of drug-likeness (QED) is 0.397. The third-order valence-electron chi connectivity index (χ3n) is 2.65. The number of hydrogen-bond donors (Lipinski definition) is 0. The molecule has 0 unspecified atom stereocenters. The van der Waals surface area contributed by atoms with Gasteiger partial charge in [0.15, 0.2) is 0 Å². The summed E-state index contributed by atoms with van der Waals surface area (Å²) < 4.78 is 4.62. The molecule has 0 spiro atoms. The third-order valence-corrected chi connectivity index (χ3v) is 2.65. The Morgan fingerprint density at radius 3 is 2.17 bits per heavy atom. The fraction of sp³-hybridized carbons (Fsp3) is 0.571. The van der Waals surface area contributed by atoms with Gasteiger partial charge in [0, 0.05) is 17.7 Å². The van der Waals surface area contributed by atoms with Gasteiger partial charge in [0.05, 0.1) is 0 Å². The van der Waals surface area contributed by atoms with E-state index in [1.807, 2.05) is 0 Å². The second-order valence-electron chi connectivity index (χ2n) is 4.16. The van der Waals surface area contributed by atoms with Gasteiger partial charge >= 0.3 is 11.9 Å². The maximum Gasteiger partial charge on any atom is 0.341 e. The van der Waals surface area contributed by atoms with Crippen LogP contribution < -0.4 is 0 Å². The molecule has 0 bridgehead atoms. The largest absolute Gasteiger partial charge is 0.386 e. The summed E-state index contributed by atoms with van der Waals surface area (Å²) in [5.41, 5.74) is 0.677. The Hall–Kier alpha value is -1.42. The molecular formula is C14H23NO3. The van der Waals surface area contributed by atoms with Crippen LogP contribution in [0, 0.1) is 0 Å². The zero-order valence-corrected chi connectivity index (χ0v) is 11.8. The standard InChI is InChI=1S/C14H23NO3/c1-6-15(7-2)10-8-9-12(5)14(17)18-13(16)11(3)4/h9H,3,6-8,10H2,1-2,4-5H3. The van der Waals surface area contributed by atoms with E-state index in [-0.39, 0.29) is 5.57 Å². The van der Waals surface area contributed by atoms with Gasteiger partial charge in [-0.25, -0.2) is 9.59 Å². The fourth-order valence-corrected chi connectivity index (χ4v) is 1.34. The van der Waals surface area contributed by atoms with Crippen LogP contribution in [0.1, 0.15) is 34.1 Å². The second kappa shape index (κ2) is 8.64. The van der Waals surface area contributed by atoms with Crippen molar-refractivity contribution in [3.05, 3.63) is 23.8 Å². The van der Waals surface area contributed by atoms with Crippen molar-refractivity contribution in [3.63, 3.8) is 0 Å². The van der Waals surface area contributed by atoms with Gasteiger partial charge < -0.3 is 9.64 Å². The predicted octanol–water partition coefficient (Wildman–Crippen LogP) is 2.31. The van der Waals surface area contributed by atoms with Gasteiger partial charge in [-0.3, -0.25) is 0 Å². The molecular weight excluding hydrogens is 230 g/mol. The molecule has 0 aromatic heterocycles. The molecule has 0 aromatic rings. The average Bonchev–Trinajstić information content (AvgIpc) is 2.34. The van der Waals surface area contributed by atoms with Crippen LogP contribution in [0.5, 0.6) is 0 Å². The van der Waals surface area contributed by atoms with Gasteiger partial charge in [-0.1, -0.05) is 26.5 Å². The minimum absolute atomic E-state index is 0.222. The molecule has 0 radical (unpaired) electrons. The highest BCUT2D eigenvalue weighted by atomic mass is 16.6. The van der Waals surface area contributed by atoms with E-state index in [1.54, 1.807) is 13.0 Å². The lowest BCUT2D eigenvalue weighted by molar-refractivity contribution is -0.153. The maximum atomic E-state index is 11.5. The molecule has 0 saturated carbocycles. The van der Waals surface area contributed by atoms with E-state index >= 15 is 0 Å². The summed E-state index contributed by atoms with van der Waals surface area (Å²) in [4.78, 5) is 24.9. The van der Waals surface area contributed by atoms with Gasteiger partial charge in [-0.2, -0.15) is 0 Å². The van der Waals surface area contributed by atoms with Crippen molar-refractivity contribution >= 4 is 11.9 Å². The molecule has 0 aliphatic rings. The summed E-state index contributed by atoms with van der Waals surface area (Å²) >= 11 is 0. The molecule has 0 aromatic carbocycles. The highest BCUT2D eigenvalue weighted by Crippen LogP contribution is 2.03. The highest BCUT2D eigenvalue weighted by molar-refractivity contribution is 6.00. The Morgan fingerprint density at radius 2 is 1.72 bits per heavy atom. The summed E-state index contributed by atoms with van der Waals surface area (Å²) in [6, 6.07) is 0. The third kappa shape index (κ3) is 6.35. The number of esters is 2. The molecule has 0 fully saturated rings. The normalized spacial score (nSPS) is 11.5. The molecule has 0 saturated heterocycles. The molecule has 0 amide bonds. The van der Waals surface area contributed by atoms with Gasteiger partial charge in [0.1, 0.15) is 0 Å². The molecule has 0 N–H and O–H groups in total. The number of carbonyl (C=O) groups is 2. The van der Waals surface area contributed by atoms with Crippen LogP contribution in [0.4, 0.5) is 0 Å². The molecule has 102 valence electrons. The first kappa shape index (κ1) is 16.6. The SMILES string of the molecule is C=C(C)C(=O)OC(=O)C(C)=CCCN(CC)CC. The van der Waals surface area contributed by atoms with Crippen molar-refractivity contribution in [2.45, 2.75) is 34.1 Å². The maximum absolute atomic E-state index is 11.5. The fourth-order valence-electron chi connectivity index (χ4n) is 1.34. The lowest BCUT2D eigenvalue weighted by atomic mass is 10.2. The molecule has 4 heteroatoms. The molecule has 0 atom stereocenters. The number of carbonyl (C=O) groups excluding carboxylic acids is 2. The first-order valence-corrected chi connectivity index (χ1v) is 6.23. The highest BCUT2D eigenvalue weighted by Gasteiger charge is 2.12. The summed E-state index contributed by atoms with van der Waals surface area (Å²) in [5, 5.41) is 0. The Morgan fingerprint density at radius 1 is 1.17 bits per heavy atom. The van der Waals surface area contributed by atoms with E-state index in [4.69, 9.17) is 0 Å². The van der Waals surface area contributed by atoms with Gasteiger partial charge in [-0.15, -0.1) is 0 Å². The first-order valence-electron chi connectivity index (χ1n) is 6.23. The molecule has 18 heavy (non-hydrogen) atoms. The van der Waals surface area contributed by atoms with Crippen LogP contribution in [-0.2, 0) is 14.3 Å². The Balaban J connectivity index is 4.21.